The highest BCUT2D eigenvalue weighted by Gasteiger charge is 2.13. The number of nitrogens with one attached hydrogen (secondary N) is 1. The summed E-state index contributed by atoms with van der Waals surface area (Å²) in [4.78, 5) is 24.0. The lowest BCUT2D eigenvalue weighted by Crippen LogP contribution is -2.15. The average Bonchev–Trinajstić information content (AvgIpc) is 3.16. The molecule has 120 valence electrons. The van der Waals surface area contributed by atoms with Crippen molar-refractivity contribution < 1.29 is 14.3 Å². The van der Waals surface area contributed by atoms with Gasteiger partial charge in [-0.2, -0.15) is 5.10 Å². The van der Waals surface area contributed by atoms with Gasteiger partial charge in [0.25, 0.3) is 5.91 Å². The maximum atomic E-state index is 12.6. The minimum absolute atomic E-state index is 0.257. The first kappa shape index (κ1) is 15.5. The Morgan fingerprint density at radius 2 is 1.79 bits per heavy atom. The molecule has 0 unspecified atom stereocenters. The van der Waals surface area contributed by atoms with Gasteiger partial charge in [0.1, 0.15) is 0 Å². The van der Waals surface area contributed by atoms with Crippen LogP contribution in [-0.2, 0) is 4.74 Å². The number of ether oxygens (including phenoxy) is 1. The molecule has 6 heteroatoms. The first-order valence-corrected chi connectivity index (χ1v) is 7.28. The van der Waals surface area contributed by atoms with Gasteiger partial charge in [0, 0.05) is 18.1 Å². The molecule has 1 aromatic heterocycles. The van der Waals surface area contributed by atoms with Crippen molar-refractivity contribution in [1.29, 1.82) is 0 Å². The van der Waals surface area contributed by atoms with Crippen molar-refractivity contribution in [2.75, 3.05) is 12.4 Å². The second kappa shape index (κ2) is 6.78. The van der Waals surface area contributed by atoms with E-state index in [4.69, 9.17) is 0 Å². The van der Waals surface area contributed by atoms with Crippen LogP contribution in [0.15, 0.2) is 67.0 Å². The van der Waals surface area contributed by atoms with Gasteiger partial charge >= 0.3 is 5.97 Å². The highest BCUT2D eigenvalue weighted by molar-refractivity contribution is 6.06. The number of para-hydroxylation sites is 1. The fraction of sp³-hybridized carbons (Fsp3) is 0.0556. The number of nitrogens with zero attached hydrogens (tertiary/aromatic N) is 2. The van der Waals surface area contributed by atoms with Crippen molar-refractivity contribution >= 4 is 17.6 Å². The third kappa shape index (κ3) is 3.17. The number of hydrogen-bond donors (Lipinski definition) is 1. The molecule has 1 heterocycles. The Bertz CT molecular complexity index is 855. The molecule has 1 N–H and O–H groups in total. The summed E-state index contributed by atoms with van der Waals surface area (Å²) in [6.45, 7) is 0. The largest absolute Gasteiger partial charge is 0.465 e. The summed E-state index contributed by atoms with van der Waals surface area (Å²) in [7, 11) is 1.32. The molecule has 2 aromatic carbocycles. The summed E-state index contributed by atoms with van der Waals surface area (Å²) in [5.74, 6) is -0.677. The molecule has 1 amide bonds. The molecule has 0 atom stereocenters. The zero-order valence-electron chi connectivity index (χ0n) is 13.0. The van der Waals surface area contributed by atoms with Crippen LogP contribution in [0.4, 0.5) is 5.69 Å². The predicted molar refractivity (Wildman–Crippen MR) is 89.3 cm³/mol. The summed E-state index contributed by atoms with van der Waals surface area (Å²) in [5.41, 5.74) is 2.19. The van der Waals surface area contributed by atoms with E-state index in [1.807, 2.05) is 12.1 Å². The zero-order chi connectivity index (χ0) is 16.9. The smallest absolute Gasteiger partial charge is 0.337 e. The molecule has 3 aromatic rings. The molecular weight excluding hydrogens is 306 g/mol. The van der Waals surface area contributed by atoms with Crippen LogP contribution in [0.2, 0.25) is 0 Å². The first-order valence-electron chi connectivity index (χ1n) is 7.28. The molecule has 0 aliphatic carbocycles. The summed E-state index contributed by atoms with van der Waals surface area (Å²) in [6.07, 6.45) is 3.43. The lowest BCUT2D eigenvalue weighted by Gasteiger charge is -2.10. The highest BCUT2D eigenvalue weighted by atomic mass is 16.5. The van der Waals surface area contributed by atoms with Gasteiger partial charge in [-0.1, -0.05) is 12.1 Å². The van der Waals surface area contributed by atoms with Crippen molar-refractivity contribution in [3.63, 3.8) is 0 Å². The van der Waals surface area contributed by atoms with E-state index in [0.29, 0.717) is 22.5 Å². The van der Waals surface area contributed by atoms with E-state index in [2.05, 4.69) is 15.2 Å². The molecule has 0 aliphatic rings. The molecular formula is C18H15N3O3. The number of carbonyl (C=O) groups excluding carboxylic acids is 2. The molecule has 3 rings (SSSR count). The number of anilines is 1. The minimum atomic E-state index is -0.420. The summed E-state index contributed by atoms with van der Waals surface area (Å²) < 4.78 is 6.28. The van der Waals surface area contributed by atoms with Gasteiger partial charge in [0.05, 0.1) is 23.9 Å². The molecule has 0 aliphatic heterocycles. The lowest BCUT2D eigenvalue weighted by atomic mass is 10.1. The van der Waals surface area contributed by atoms with Crippen molar-refractivity contribution in [2.24, 2.45) is 0 Å². The van der Waals surface area contributed by atoms with Gasteiger partial charge in [-0.15, -0.1) is 0 Å². The number of aromatic nitrogens is 2. The van der Waals surface area contributed by atoms with Crippen LogP contribution in [0.5, 0.6) is 0 Å². The average molecular weight is 321 g/mol. The number of amides is 1. The van der Waals surface area contributed by atoms with Crippen LogP contribution < -0.4 is 5.32 Å². The number of carbonyl (C=O) groups is 2. The molecule has 0 spiro atoms. The van der Waals surface area contributed by atoms with Gasteiger partial charge in [0.2, 0.25) is 0 Å². The fourth-order valence-corrected chi connectivity index (χ4v) is 2.28. The number of benzene rings is 2. The SMILES string of the molecule is COC(=O)c1ccc(NC(=O)c2ccccc2-n2cccn2)cc1. The molecule has 0 radical (unpaired) electrons. The van der Waals surface area contributed by atoms with Gasteiger partial charge in [-0.05, 0) is 42.5 Å². The molecule has 24 heavy (non-hydrogen) atoms. The number of rotatable bonds is 4. The Morgan fingerprint density at radius 1 is 1.04 bits per heavy atom. The van der Waals surface area contributed by atoms with Crippen LogP contribution in [0.1, 0.15) is 20.7 Å². The quantitative estimate of drug-likeness (QED) is 0.750. The second-order valence-corrected chi connectivity index (χ2v) is 4.99. The highest BCUT2D eigenvalue weighted by Crippen LogP contribution is 2.17. The predicted octanol–water partition coefficient (Wildman–Crippen LogP) is 2.91. The van der Waals surface area contributed by atoms with E-state index >= 15 is 0 Å². The summed E-state index contributed by atoms with van der Waals surface area (Å²) in [6, 6.07) is 15.5. The normalized spacial score (nSPS) is 10.2. The molecule has 0 saturated heterocycles. The van der Waals surface area contributed by atoms with Crippen LogP contribution in [0.3, 0.4) is 0 Å². The van der Waals surface area contributed by atoms with E-state index in [9.17, 15) is 9.59 Å². The number of esters is 1. The van der Waals surface area contributed by atoms with E-state index in [-0.39, 0.29) is 5.91 Å². The van der Waals surface area contributed by atoms with Crippen molar-refractivity contribution in [2.45, 2.75) is 0 Å². The van der Waals surface area contributed by atoms with Crippen molar-refractivity contribution in [3.8, 4) is 5.69 Å². The van der Waals surface area contributed by atoms with Gasteiger partial charge in [-0.3, -0.25) is 4.79 Å². The van der Waals surface area contributed by atoms with E-state index in [1.54, 1.807) is 59.5 Å². The Balaban J connectivity index is 1.82. The first-order chi connectivity index (χ1) is 11.7. The minimum Gasteiger partial charge on any atom is -0.465 e. The monoisotopic (exact) mass is 321 g/mol. The summed E-state index contributed by atoms with van der Waals surface area (Å²) in [5, 5.41) is 6.97. The van der Waals surface area contributed by atoms with Crippen LogP contribution in [0.25, 0.3) is 5.69 Å². The Labute approximate surface area is 138 Å². The third-order valence-corrected chi connectivity index (χ3v) is 3.46. The molecule has 0 bridgehead atoms. The third-order valence-electron chi connectivity index (χ3n) is 3.46. The number of methoxy groups -OCH3 is 1. The van der Waals surface area contributed by atoms with Crippen LogP contribution in [-0.4, -0.2) is 28.8 Å². The van der Waals surface area contributed by atoms with Crippen molar-refractivity contribution in [3.05, 3.63) is 78.1 Å². The number of hydrogen-bond acceptors (Lipinski definition) is 4. The zero-order valence-corrected chi connectivity index (χ0v) is 13.0. The summed E-state index contributed by atoms with van der Waals surface area (Å²) >= 11 is 0. The van der Waals surface area contributed by atoms with Gasteiger partial charge < -0.3 is 10.1 Å². The Morgan fingerprint density at radius 3 is 2.46 bits per heavy atom. The van der Waals surface area contributed by atoms with Crippen LogP contribution in [0, 0.1) is 0 Å². The second-order valence-electron chi connectivity index (χ2n) is 4.99. The maximum Gasteiger partial charge on any atom is 0.337 e. The van der Waals surface area contributed by atoms with Crippen molar-refractivity contribution in [1.82, 2.24) is 9.78 Å². The maximum absolute atomic E-state index is 12.6. The lowest BCUT2D eigenvalue weighted by molar-refractivity contribution is 0.0600. The van der Waals surface area contributed by atoms with Gasteiger partial charge in [0.15, 0.2) is 0 Å². The topological polar surface area (TPSA) is 73.2 Å². The molecule has 0 fully saturated rings. The molecule has 6 nitrogen and oxygen atoms in total. The van der Waals surface area contributed by atoms with Gasteiger partial charge in [-0.25, -0.2) is 9.48 Å². The molecule has 0 saturated carbocycles. The van der Waals surface area contributed by atoms with E-state index in [1.165, 1.54) is 7.11 Å². The fourth-order valence-electron chi connectivity index (χ4n) is 2.28. The van der Waals surface area contributed by atoms with Crippen LogP contribution >= 0.6 is 0 Å². The standard InChI is InChI=1S/C18H15N3O3/c1-24-18(23)13-7-9-14(10-8-13)20-17(22)15-5-2-3-6-16(15)21-12-4-11-19-21/h2-12H,1H3,(H,20,22). The van der Waals surface area contributed by atoms with E-state index < -0.39 is 5.97 Å². The van der Waals surface area contributed by atoms with E-state index in [0.717, 1.165) is 0 Å². The Kier molecular flexibility index (Phi) is 4.38. The Hall–Kier alpha value is -3.41.